The fourth-order valence-corrected chi connectivity index (χ4v) is 6.95. The molecule has 198 valence electrons. The minimum atomic E-state index is -3.77. The Bertz CT molecular complexity index is 1520. The number of hydrogen-bond donors (Lipinski definition) is 0. The second-order valence-electron chi connectivity index (χ2n) is 8.94. The zero-order chi connectivity index (χ0) is 26.7. The van der Waals surface area contributed by atoms with E-state index in [2.05, 4.69) is 4.98 Å². The van der Waals surface area contributed by atoms with Gasteiger partial charge in [0, 0.05) is 25.2 Å². The fourth-order valence-electron chi connectivity index (χ4n) is 4.48. The maximum absolute atomic E-state index is 13.8. The van der Waals surface area contributed by atoms with Gasteiger partial charge in [0.2, 0.25) is 15.9 Å². The Hall–Kier alpha value is -3.41. The fraction of sp³-hybridized carbons (Fsp3) is 0.296. The summed E-state index contributed by atoms with van der Waals surface area (Å²) >= 11 is 1.41. The molecule has 3 heterocycles. The summed E-state index contributed by atoms with van der Waals surface area (Å²) in [5.74, 6) is -0.235. The molecule has 1 fully saturated rings. The number of sulfonamides is 1. The first-order valence-electron chi connectivity index (χ1n) is 12.4. The number of carbonyl (C=O) groups is 1. The molecular weight excluding hydrogens is 527 g/mol. The van der Waals surface area contributed by atoms with E-state index in [0.717, 1.165) is 33.8 Å². The number of thiazole rings is 1. The van der Waals surface area contributed by atoms with Crippen LogP contribution < -0.4 is 9.64 Å². The van der Waals surface area contributed by atoms with Crippen molar-refractivity contribution in [3.05, 3.63) is 78.4 Å². The molecule has 0 bridgehead atoms. The van der Waals surface area contributed by atoms with E-state index in [0.29, 0.717) is 24.6 Å². The second-order valence-corrected chi connectivity index (χ2v) is 11.9. The molecule has 4 aromatic rings. The first kappa shape index (κ1) is 26.2. The second kappa shape index (κ2) is 11.1. The maximum Gasteiger partial charge on any atom is 0.243 e. The van der Waals surface area contributed by atoms with E-state index in [1.807, 2.05) is 43.3 Å². The molecule has 0 atom stereocenters. The molecule has 0 unspecified atom stereocenters. The normalized spacial score (nSPS) is 15.0. The lowest BCUT2D eigenvalue weighted by atomic mass is 9.96. The van der Waals surface area contributed by atoms with Crippen LogP contribution in [-0.2, 0) is 21.4 Å². The first-order valence-corrected chi connectivity index (χ1v) is 14.6. The number of anilines is 1. The quantitative estimate of drug-likeness (QED) is 0.309. The summed E-state index contributed by atoms with van der Waals surface area (Å²) in [6.07, 6.45) is 2.43. The van der Waals surface area contributed by atoms with E-state index < -0.39 is 15.8 Å². The average Bonchev–Trinajstić information content (AvgIpc) is 3.36. The van der Waals surface area contributed by atoms with Crippen LogP contribution in [0.5, 0.6) is 5.75 Å². The van der Waals surface area contributed by atoms with Crippen molar-refractivity contribution in [1.82, 2.24) is 14.3 Å². The number of halogens is 1. The highest BCUT2D eigenvalue weighted by atomic mass is 32.2. The minimum Gasteiger partial charge on any atom is -0.494 e. The summed E-state index contributed by atoms with van der Waals surface area (Å²) in [7, 11) is -3.77. The summed E-state index contributed by atoms with van der Waals surface area (Å²) in [5.41, 5.74) is 1.50. The molecule has 38 heavy (non-hydrogen) atoms. The van der Waals surface area contributed by atoms with Gasteiger partial charge in [0.25, 0.3) is 0 Å². The molecule has 1 aliphatic rings. The Morgan fingerprint density at radius 3 is 2.58 bits per heavy atom. The molecule has 1 aliphatic heterocycles. The van der Waals surface area contributed by atoms with Crippen LogP contribution in [0.3, 0.4) is 0 Å². The van der Waals surface area contributed by atoms with Crippen LogP contribution in [0.2, 0.25) is 0 Å². The maximum atomic E-state index is 13.8. The molecule has 0 saturated carbocycles. The average molecular weight is 555 g/mol. The Balaban J connectivity index is 1.37. The van der Waals surface area contributed by atoms with Crippen molar-refractivity contribution < 1.29 is 22.3 Å². The topological polar surface area (TPSA) is 92.7 Å². The van der Waals surface area contributed by atoms with Crippen molar-refractivity contribution in [2.45, 2.75) is 31.2 Å². The molecule has 5 rings (SSSR count). The summed E-state index contributed by atoms with van der Waals surface area (Å²) in [6, 6.07) is 16.0. The van der Waals surface area contributed by atoms with Crippen molar-refractivity contribution in [2.24, 2.45) is 5.92 Å². The molecule has 1 saturated heterocycles. The van der Waals surface area contributed by atoms with Gasteiger partial charge in [0.05, 0.1) is 34.0 Å². The lowest BCUT2D eigenvalue weighted by molar-refractivity contribution is -0.123. The van der Waals surface area contributed by atoms with Crippen LogP contribution >= 0.6 is 11.3 Å². The van der Waals surface area contributed by atoms with E-state index in [4.69, 9.17) is 9.72 Å². The van der Waals surface area contributed by atoms with Crippen LogP contribution in [0.4, 0.5) is 9.52 Å². The smallest absolute Gasteiger partial charge is 0.243 e. The van der Waals surface area contributed by atoms with Gasteiger partial charge in [-0.3, -0.25) is 14.7 Å². The third kappa shape index (κ3) is 5.54. The highest BCUT2D eigenvalue weighted by molar-refractivity contribution is 7.89. The first-order chi connectivity index (χ1) is 18.3. The van der Waals surface area contributed by atoms with E-state index in [1.54, 1.807) is 11.1 Å². The molecule has 11 heteroatoms. The Morgan fingerprint density at radius 1 is 1.13 bits per heavy atom. The van der Waals surface area contributed by atoms with Gasteiger partial charge < -0.3 is 4.74 Å². The van der Waals surface area contributed by atoms with Gasteiger partial charge in [-0.2, -0.15) is 4.31 Å². The van der Waals surface area contributed by atoms with E-state index in [1.165, 1.54) is 27.8 Å². The molecule has 2 aromatic carbocycles. The predicted octanol–water partition coefficient (Wildman–Crippen LogP) is 4.86. The molecule has 2 aromatic heterocycles. The molecule has 0 spiro atoms. The number of ether oxygens (including phenoxy) is 1. The summed E-state index contributed by atoms with van der Waals surface area (Å²) in [5, 5.41) is 0.561. The van der Waals surface area contributed by atoms with Crippen molar-refractivity contribution >= 4 is 42.6 Å². The molecular formula is C27H27FN4O4S2. The van der Waals surface area contributed by atoms with Crippen LogP contribution in [0.1, 0.15) is 25.5 Å². The summed E-state index contributed by atoms with van der Waals surface area (Å²) < 4.78 is 47.2. The van der Waals surface area contributed by atoms with Crippen LogP contribution in [-0.4, -0.2) is 48.3 Å². The van der Waals surface area contributed by atoms with E-state index in [9.17, 15) is 17.6 Å². The summed E-state index contributed by atoms with van der Waals surface area (Å²) in [6.45, 7) is 3.13. The number of piperidine rings is 1. The van der Waals surface area contributed by atoms with Crippen LogP contribution in [0, 0.1) is 11.7 Å². The van der Waals surface area contributed by atoms with Gasteiger partial charge in [0.1, 0.15) is 11.6 Å². The molecule has 8 nitrogen and oxygen atoms in total. The van der Waals surface area contributed by atoms with Gasteiger partial charge in [0.15, 0.2) is 5.13 Å². The standard InChI is InChI=1S/C27H27FN4O4S2/c1-2-36-22-8-11-24-25(17-22)37-27(30-24)32(18-21-5-3-4-14-29-21)26(33)19-12-15-31(16-13-19)38(34,35)23-9-6-20(28)7-10-23/h3-11,14,17,19H,2,12-13,15-16,18H2,1H3. The van der Waals surface area contributed by atoms with Gasteiger partial charge in [-0.1, -0.05) is 17.4 Å². The molecule has 1 amide bonds. The number of amides is 1. The molecule has 0 aliphatic carbocycles. The lowest BCUT2D eigenvalue weighted by Crippen LogP contribution is -2.44. The van der Waals surface area contributed by atoms with Gasteiger partial charge >= 0.3 is 0 Å². The largest absolute Gasteiger partial charge is 0.494 e. The van der Waals surface area contributed by atoms with Crippen LogP contribution in [0.25, 0.3) is 10.2 Å². The predicted molar refractivity (Wildman–Crippen MR) is 144 cm³/mol. The number of pyridine rings is 1. The zero-order valence-electron chi connectivity index (χ0n) is 20.8. The number of aromatic nitrogens is 2. The zero-order valence-corrected chi connectivity index (χ0v) is 22.4. The van der Waals surface area contributed by atoms with Gasteiger partial charge in [-0.25, -0.2) is 17.8 Å². The monoisotopic (exact) mass is 554 g/mol. The van der Waals surface area contributed by atoms with Crippen molar-refractivity contribution in [3.63, 3.8) is 0 Å². The Morgan fingerprint density at radius 2 is 1.89 bits per heavy atom. The van der Waals surface area contributed by atoms with E-state index >= 15 is 0 Å². The Kier molecular flexibility index (Phi) is 7.68. The van der Waals surface area contributed by atoms with Crippen molar-refractivity contribution in [1.29, 1.82) is 0 Å². The minimum absolute atomic E-state index is 0.0429. The highest BCUT2D eigenvalue weighted by Crippen LogP contribution is 2.34. The highest BCUT2D eigenvalue weighted by Gasteiger charge is 2.35. The summed E-state index contributed by atoms with van der Waals surface area (Å²) in [4.78, 5) is 24.7. The number of benzene rings is 2. The number of hydrogen-bond acceptors (Lipinski definition) is 7. The van der Waals surface area contributed by atoms with Crippen molar-refractivity contribution in [2.75, 3.05) is 24.6 Å². The third-order valence-electron chi connectivity index (χ3n) is 6.46. The Labute approximate surface area is 224 Å². The van der Waals surface area contributed by atoms with Gasteiger partial charge in [-0.15, -0.1) is 0 Å². The molecule has 0 N–H and O–H groups in total. The van der Waals surface area contributed by atoms with E-state index in [-0.39, 0.29) is 36.4 Å². The number of rotatable bonds is 8. The SMILES string of the molecule is CCOc1ccc2nc(N(Cc3ccccn3)C(=O)C3CCN(S(=O)(=O)c4ccc(F)cc4)CC3)sc2c1. The number of fused-ring (bicyclic) bond motifs is 1. The molecule has 0 radical (unpaired) electrons. The van der Waals surface area contributed by atoms with Crippen LogP contribution in [0.15, 0.2) is 71.8 Å². The van der Waals surface area contributed by atoms with Gasteiger partial charge in [-0.05, 0) is 74.4 Å². The number of nitrogens with zero attached hydrogens (tertiary/aromatic N) is 4. The lowest BCUT2D eigenvalue weighted by Gasteiger charge is -2.33. The van der Waals surface area contributed by atoms with Crippen molar-refractivity contribution in [3.8, 4) is 5.75 Å². The third-order valence-corrected chi connectivity index (χ3v) is 9.41. The number of carbonyl (C=O) groups excluding carboxylic acids is 1.